The van der Waals surface area contributed by atoms with Gasteiger partial charge in [-0.15, -0.1) is 11.3 Å². The van der Waals surface area contributed by atoms with Crippen LogP contribution in [0.4, 0.5) is 8.78 Å². The van der Waals surface area contributed by atoms with Crippen LogP contribution in [-0.2, 0) is 16.5 Å². The third kappa shape index (κ3) is 4.43. The van der Waals surface area contributed by atoms with Crippen LogP contribution in [0.2, 0.25) is 5.02 Å². The molecule has 0 amide bonds. The second-order valence-electron chi connectivity index (χ2n) is 6.52. The molecule has 30 heavy (non-hydrogen) atoms. The number of thiazole rings is 1. The average molecular weight is 462 g/mol. The Bertz CT molecular complexity index is 1280. The van der Waals surface area contributed by atoms with Crippen molar-refractivity contribution in [3.63, 3.8) is 0 Å². The molecule has 0 spiro atoms. The highest BCUT2D eigenvalue weighted by Crippen LogP contribution is 2.41. The number of aromatic nitrogens is 1. The molecule has 0 saturated heterocycles. The second kappa shape index (κ2) is 8.63. The zero-order valence-corrected chi connectivity index (χ0v) is 17.8. The highest BCUT2D eigenvalue weighted by molar-refractivity contribution is 7.71. The van der Waals surface area contributed by atoms with E-state index in [-0.39, 0.29) is 16.6 Å². The van der Waals surface area contributed by atoms with Gasteiger partial charge in [-0.2, -0.15) is 0 Å². The number of thiol groups is 1. The number of nitrogens with zero attached hydrogens (tertiary/aromatic N) is 1. The van der Waals surface area contributed by atoms with Crippen molar-refractivity contribution >= 4 is 33.6 Å². The van der Waals surface area contributed by atoms with Gasteiger partial charge >= 0.3 is 0 Å². The molecule has 0 N–H and O–H groups in total. The van der Waals surface area contributed by atoms with Crippen LogP contribution in [-0.4, -0.2) is 13.4 Å². The SMILES string of the molecule is O=[SH](=O)Cc1ccc(-c2sc(-c3ccc(F)c(Cl)c3)nc2-c2ccc(F)cc2)cc1. The van der Waals surface area contributed by atoms with E-state index in [0.29, 0.717) is 21.8 Å². The molecule has 0 aliphatic carbocycles. The van der Waals surface area contributed by atoms with Crippen molar-refractivity contribution in [1.29, 1.82) is 0 Å². The van der Waals surface area contributed by atoms with Crippen LogP contribution in [0.15, 0.2) is 66.7 Å². The Morgan fingerprint density at radius 3 is 2.13 bits per heavy atom. The molecule has 8 heteroatoms. The summed E-state index contributed by atoms with van der Waals surface area (Å²) in [6.07, 6.45) is 0. The fraction of sp³-hybridized carbons (Fsp3) is 0.0455. The Morgan fingerprint density at radius 1 is 0.867 bits per heavy atom. The number of rotatable bonds is 5. The van der Waals surface area contributed by atoms with Crippen molar-refractivity contribution in [2.45, 2.75) is 5.75 Å². The minimum atomic E-state index is -2.51. The van der Waals surface area contributed by atoms with Gasteiger partial charge in [0.15, 0.2) is 0 Å². The van der Waals surface area contributed by atoms with Gasteiger partial charge in [-0.05, 0) is 53.6 Å². The van der Waals surface area contributed by atoms with Crippen molar-refractivity contribution in [3.8, 4) is 32.3 Å². The van der Waals surface area contributed by atoms with E-state index in [2.05, 4.69) is 0 Å². The zero-order chi connectivity index (χ0) is 21.3. The summed E-state index contributed by atoms with van der Waals surface area (Å²) >= 11 is 7.32. The van der Waals surface area contributed by atoms with Crippen molar-refractivity contribution in [2.24, 2.45) is 0 Å². The van der Waals surface area contributed by atoms with Gasteiger partial charge in [-0.3, -0.25) is 0 Å². The van der Waals surface area contributed by atoms with Crippen LogP contribution >= 0.6 is 22.9 Å². The van der Waals surface area contributed by atoms with Gasteiger partial charge in [0.2, 0.25) is 0 Å². The van der Waals surface area contributed by atoms with Crippen LogP contribution in [0.1, 0.15) is 5.56 Å². The monoisotopic (exact) mass is 461 g/mol. The van der Waals surface area contributed by atoms with Gasteiger partial charge in [-0.25, -0.2) is 22.2 Å². The standard InChI is InChI=1S/C22H14ClF2NO2S2/c23-18-11-16(7-10-19(18)25)22-26-20(14-5-8-17(24)9-6-14)21(29-22)15-3-1-13(2-4-15)12-30(27)28/h1-11,30H,12H2. The first-order chi connectivity index (χ1) is 14.4. The maximum absolute atomic E-state index is 13.6. The van der Waals surface area contributed by atoms with Gasteiger partial charge in [0.25, 0.3) is 0 Å². The van der Waals surface area contributed by atoms with Gasteiger partial charge < -0.3 is 0 Å². The molecule has 4 rings (SSSR count). The van der Waals surface area contributed by atoms with Crippen molar-refractivity contribution < 1.29 is 17.2 Å². The largest absolute Gasteiger partial charge is 0.235 e. The van der Waals surface area contributed by atoms with Gasteiger partial charge in [0.1, 0.15) is 27.3 Å². The summed E-state index contributed by atoms with van der Waals surface area (Å²) in [6.45, 7) is 0. The maximum atomic E-state index is 13.6. The first kappa shape index (κ1) is 20.7. The molecule has 4 aromatic rings. The van der Waals surface area contributed by atoms with Crippen molar-refractivity contribution in [2.75, 3.05) is 0 Å². The molecule has 152 valence electrons. The fourth-order valence-corrected chi connectivity index (χ4v) is 4.76. The van der Waals surface area contributed by atoms with Gasteiger partial charge in [-0.1, -0.05) is 35.9 Å². The summed E-state index contributed by atoms with van der Waals surface area (Å²) in [7, 11) is -2.51. The van der Waals surface area contributed by atoms with Crippen LogP contribution in [0.3, 0.4) is 0 Å². The van der Waals surface area contributed by atoms with E-state index in [0.717, 1.165) is 16.0 Å². The fourth-order valence-electron chi connectivity index (χ4n) is 2.98. The molecule has 0 saturated carbocycles. The first-order valence-electron chi connectivity index (χ1n) is 8.84. The molecule has 0 aliphatic rings. The van der Waals surface area contributed by atoms with Gasteiger partial charge in [0, 0.05) is 11.1 Å². The predicted octanol–water partition coefficient (Wildman–Crippen LogP) is 6.19. The van der Waals surface area contributed by atoms with E-state index in [1.807, 2.05) is 12.1 Å². The lowest BCUT2D eigenvalue weighted by Gasteiger charge is -2.04. The Morgan fingerprint density at radius 2 is 1.50 bits per heavy atom. The third-order valence-corrected chi connectivity index (χ3v) is 6.51. The summed E-state index contributed by atoms with van der Waals surface area (Å²) < 4.78 is 48.9. The molecule has 0 aliphatic heterocycles. The maximum Gasteiger partial charge on any atom is 0.144 e. The molecule has 0 unspecified atom stereocenters. The Kier molecular flexibility index (Phi) is 5.94. The first-order valence-corrected chi connectivity index (χ1v) is 11.4. The van der Waals surface area contributed by atoms with Gasteiger partial charge in [0.05, 0.1) is 21.3 Å². The van der Waals surface area contributed by atoms with E-state index >= 15 is 0 Å². The molecular formula is C22H14ClF2NO2S2. The summed E-state index contributed by atoms with van der Waals surface area (Å²) in [5, 5.41) is 0.640. The molecule has 0 atom stereocenters. The lowest BCUT2D eigenvalue weighted by molar-refractivity contribution is 0.614. The molecule has 3 aromatic carbocycles. The molecule has 1 heterocycles. The molecule has 1 aromatic heterocycles. The van der Waals surface area contributed by atoms with Crippen LogP contribution in [0.25, 0.3) is 32.3 Å². The highest BCUT2D eigenvalue weighted by atomic mass is 35.5. The van der Waals surface area contributed by atoms with Crippen molar-refractivity contribution in [3.05, 3.63) is 89.0 Å². The molecular weight excluding hydrogens is 448 g/mol. The Hall–Kier alpha value is -2.61. The van der Waals surface area contributed by atoms with Crippen LogP contribution in [0.5, 0.6) is 0 Å². The smallest absolute Gasteiger partial charge is 0.144 e. The molecule has 0 radical (unpaired) electrons. The Balaban J connectivity index is 1.84. The van der Waals surface area contributed by atoms with E-state index in [4.69, 9.17) is 16.6 Å². The summed E-state index contributed by atoms with van der Waals surface area (Å²) in [4.78, 5) is 5.55. The third-order valence-electron chi connectivity index (χ3n) is 4.44. The number of halogens is 3. The summed E-state index contributed by atoms with van der Waals surface area (Å²) in [6, 6.07) is 17.6. The quantitative estimate of drug-likeness (QED) is 0.360. The van der Waals surface area contributed by atoms with Crippen LogP contribution in [0, 0.1) is 11.6 Å². The van der Waals surface area contributed by atoms with E-state index in [9.17, 15) is 17.2 Å². The van der Waals surface area contributed by atoms with Crippen LogP contribution < -0.4 is 0 Å². The number of hydrogen-bond acceptors (Lipinski definition) is 4. The minimum Gasteiger partial charge on any atom is -0.235 e. The zero-order valence-electron chi connectivity index (χ0n) is 15.3. The second-order valence-corrected chi connectivity index (χ2v) is 8.91. The summed E-state index contributed by atoms with van der Waals surface area (Å²) in [5.74, 6) is -0.886. The highest BCUT2D eigenvalue weighted by Gasteiger charge is 2.17. The predicted molar refractivity (Wildman–Crippen MR) is 117 cm³/mol. The molecule has 0 bridgehead atoms. The molecule has 3 nitrogen and oxygen atoms in total. The van der Waals surface area contributed by atoms with E-state index < -0.39 is 16.5 Å². The van der Waals surface area contributed by atoms with E-state index in [1.165, 1.54) is 35.6 Å². The van der Waals surface area contributed by atoms with E-state index in [1.54, 1.807) is 30.3 Å². The number of benzene rings is 3. The lowest BCUT2D eigenvalue weighted by atomic mass is 10.1. The van der Waals surface area contributed by atoms with Crippen molar-refractivity contribution in [1.82, 2.24) is 4.98 Å². The summed E-state index contributed by atoms with van der Waals surface area (Å²) in [5.41, 5.74) is 3.58. The normalized spacial score (nSPS) is 11.2. The molecule has 0 fully saturated rings. The average Bonchev–Trinajstić information content (AvgIpc) is 3.16. The Labute approximate surface area is 182 Å². The topological polar surface area (TPSA) is 47.0 Å². The number of hydrogen-bond donors (Lipinski definition) is 1. The lowest BCUT2D eigenvalue weighted by Crippen LogP contribution is -1.87. The minimum absolute atomic E-state index is 0.00339.